The Hall–Kier alpha value is -3.33. The molecule has 6 nitrogen and oxygen atoms in total. The number of nitrogens with one attached hydrogen (secondary N) is 1. The number of alkyl halides is 3. The summed E-state index contributed by atoms with van der Waals surface area (Å²) in [6, 6.07) is 12.3. The van der Waals surface area contributed by atoms with Gasteiger partial charge in [0.25, 0.3) is 5.91 Å². The molecule has 2 aromatic carbocycles. The molecule has 160 valence electrons. The molecule has 5 rings (SSSR count). The predicted molar refractivity (Wildman–Crippen MR) is 106 cm³/mol. The Bertz CT molecular complexity index is 1190. The highest BCUT2D eigenvalue weighted by Gasteiger charge is 2.44. The van der Waals surface area contributed by atoms with E-state index >= 15 is 0 Å². The summed E-state index contributed by atoms with van der Waals surface area (Å²) in [5, 5.41) is 1.16. The van der Waals surface area contributed by atoms with Crippen molar-refractivity contribution in [3.63, 3.8) is 0 Å². The van der Waals surface area contributed by atoms with Crippen molar-refractivity contribution in [2.24, 2.45) is 0 Å². The number of amides is 2. The Morgan fingerprint density at radius 1 is 1.06 bits per heavy atom. The molecule has 0 saturated carbocycles. The summed E-state index contributed by atoms with van der Waals surface area (Å²) in [5.41, 5.74) is 3.35. The van der Waals surface area contributed by atoms with Crippen LogP contribution < -0.4 is 9.64 Å². The first-order chi connectivity index (χ1) is 14.8. The number of hydrogen-bond donors (Lipinski definition) is 1. The smallest absolute Gasteiger partial charge is 0.406 e. The largest absolute Gasteiger partial charge is 0.573 e. The van der Waals surface area contributed by atoms with Crippen molar-refractivity contribution in [1.82, 2.24) is 9.88 Å². The summed E-state index contributed by atoms with van der Waals surface area (Å²) in [4.78, 5) is 32.0. The molecular weight excluding hydrogens is 411 g/mol. The van der Waals surface area contributed by atoms with Gasteiger partial charge < -0.3 is 9.72 Å². The lowest BCUT2D eigenvalue weighted by molar-refractivity contribution is -0.274. The first-order valence-electron chi connectivity index (χ1n) is 9.85. The molecule has 1 saturated heterocycles. The van der Waals surface area contributed by atoms with Crippen molar-refractivity contribution < 1.29 is 27.5 Å². The van der Waals surface area contributed by atoms with Crippen LogP contribution in [0.25, 0.3) is 10.9 Å². The molecular formula is C22H18F3N3O3. The summed E-state index contributed by atoms with van der Waals surface area (Å²) in [6.45, 7) is 1.11. The fraction of sp³-hybridized carbons (Fsp3) is 0.273. The van der Waals surface area contributed by atoms with E-state index in [1.165, 1.54) is 17.7 Å². The molecule has 2 aliphatic rings. The highest BCUT2D eigenvalue weighted by atomic mass is 19.4. The lowest BCUT2D eigenvalue weighted by Crippen LogP contribution is -2.44. The number of nitrogens with zero attached hydrogens (tertiary/aromatic N) is 2. The van der Waals surface area contributed by atoms with Gasteiger partial charge in [0, 0.05) is 35.8 Å². The van der Waals surface area contributed by atoms with Crippen LogP contribution in [0.4, 0.5) is 18.9 Å². The van der Waals surface area contributed by atoms with Crippen LogP contribution in [-0.4, -0.2) is 40.6 Å². The minimum Gasteiger partial charge on any atom is -0.406 e. The van der Waals surface area contributed by atoms with E-state index in [1.807, 2.05) is 23.1 Å². The number of aromatic amines is 1. The molecule has 0 bridgehead atoms. The monoisotopic (exact) mass is 429 g/mol. The van der Waals surface area contributed by atoms with E-state index in [-0.39, 0.29) is 12.1 Å². The van der Waals surface area contributed by atoms with Gasteiger partial charge >= 0.3 is 6.36 Å². The van der Waals surface area contributed by atoms with Crippen LogP contribution in [0.2, 0.25) is 0 Å². The van der Waals surface area contributed by atoms with Crippen LogP contribution in [-0.2, 0) is 22.6 Å². The van der Waals surface area contributed by atoms with Crippen molar-refractivity contribution in [2.75, 3.05) is 11.4 Å². The van der Waals surface area contributed by atoms with Gasteiger partial charge in [-0.25, -0.2) is 4.90 Å². The number of hydrogen-bond acceptors (Lipinski definition) is 4. The van der Waals surface area contributed by atoms with Crippen molar-refractivity contribution in [2.45, 2.75) is 31.8 Å². The molecule has 2 aliphatic heterocycles. The van der Waals surface area contributed by atoms with E-state index in [9.17, 15) is 22.8 Å². The average Bonchev–Trinajstić information content (AvgIpc) is 3.23. The third kappa shape index (κ3) is 3.54. The Balaban J connectivity index is 1.38. The van der Waals surface area contributed by atoms with Gasteiger partial charge in [-0.15, -0.1) is 13.2 Å². The molecule has 1 fully saturated rings. The topological polar surface area (TPSA) is 65.6 Å². The Kier molecular flexibility index (Phi) is 4.51. The van der Waals surface area contributed by atoms with Crippen molar-refractivity contribution in [3.8, 4) is 5.75 Å². The van der Waals surface area contributed by atoms with E-state index in [2.05, 4.69) is 15.8 Å². The number of carbonyl (C=O) groups excluding carboxylic acids is 2. The summed E-state index contributed by atoms with van der Waals surface area (Å²) in [5.74, 6) is -1.36. The van der Waals surface area contributed by atoms with Crippen molar-refractivity contribution in [1.29, 1.82) is 0 Å². The van der Waals surface area contributed by atoms with Crippen molar-refractivity contribution >= 4 is 28.4 Å². The summed E-state index contributed by atoms with van der Waals surface area (Å²) < 4.78 is 41.5. The van der Waals surface area contributed by atoms with Crippen LogP contribution in [0.5, 0.6) is 5.75 Å². The second-order valence-corrected chi connectivity index (χ2v) is 7.68. The first kappa shape index (κ1) is 19.6. The van der Waals surface area contributed by atoms with Gasteiger partial charge in [0.2, 0.25) is 5.91 Å². The summed E-state index contributed by atoms with van der Waals surface area (Å²) in [6.07, 6.45) is -4.13. The average molecular weight is 429 g/mol. The number of halogens is 3. The minimum atomic E-state index is -4.86. The summed E-state index contributed by atoms with van der Waals surface area (Å²) in [7, 11) is 0. The maximum Gasteiger partial charge on any atom is 0.573 e. The van der Waals surface area contributed by atoms with Gasteiger partial charge in [-0.3, -0.25) is 14.5 Å². The maximum atomic E-state index is 13.1. The van der Waals surface area contributed by atoms with E-state index in [0.29, 0.717) is 13.1 Å². The number of H-pyrrole nitrogens is 1. The van der Waals surface area contributed by atoms with Crippen LogP contribution in [0.15, 0.2) is 48.5 Å². The normalized spacial score (nSPS) is 19.8. The lowest BCUT2D eigenvalue weighted by Gasteiger charge is -2.30. The predicted octanol–water partition coefficient (Wildman–Crippen LogP) is 3.76. The third-order valence-electron chi connectivity index (χ3n) is 5.79. The molecule has 0 spiro atoms. The second-order valence-electron chi connectivity index (χ2n) is 7.68. The molecule has 1 atom stereocenters. The van der Waals surface area contributed by atoms with E-state index in [1.54, 1.807) is 0 Å². The zero-order valence-corrected chi connectivity index (χ0v) is 16.3. The van der Waals surface area contributed by atoms with Gasteiger partial charge in [-0.1, -0.05) is 24.3 Å². The number of ether oxygens (including phenoxy) is 1. The van der Waals surface area contributed by atoms with Crippen LogP contribution in [0.1, 0.15) is 17.7 Å². The number of benzene rings is 2. The van der Waals surface area contributed by atoms with Gasteiger partial charge in [-0.05, 0) is 30.2 Å². The van der Waals surface area contributed by atoms with Gasteiger partial charge in [0.05, 0.1) is 18.2 Å². The molecule has 1 N–H and O–H groups in total. The Morgan fingerprint density at radius 3 is 2.68 bits per heavy atom. The zero-order chi connectivity index (χ0) is 21.8. The number of fused-ring (bicyclic) bond motifs is 3. The number of rotatable bonds is 3. The number of anilines is 1. The van der Waals surface area contributed by atoms with Gasteiger partial charge in [-0.2, -0.15) is 0 Å². The maximum absolute atomic E-state index is 13.1. The van der Waals surface area contributed by atoms with Gasteiger partial charge in [0.1, 0.15) is 5.75 Å². The number of carbonyl (C=O) groups is 2. The molecule has 0 radical (unpaired) electrons. The van der Waals surface area contributed by atoms with E-state index in [4.69, 9.17) is 0 Å². The van der Waals surface area contributed by atoms with E-state index in [0.717, 1.165) is 40.1 Å². The second kappa shape index (κ2) is 7.12. The van der Waals surface area contributed by atoms with Crippen molar-refractivity contribution in [3.05, 3.63) is 59.8 Å². The SMILES string of the molecule is O=C1C[C@@H](N2CCc3c([nH]c4ccccc34)C2)C(=O)N1c1cccc(OC(F)(F)F)c1. The first-order valence-corrected chi connectivity index (χ1v) is 9.85. The summed E-state index contributed by atoms with van der Waals surface area (Å²) >= 11 is 0. The highest BCUT2D eigenvalue weighted by Crippen LogP contribution is 2.33. The van der Waals surface area contributed by atoms with Crippen LogP contribution in [0.3, 0.4) is 0 Å². The third-order valence-corrected chi connectivity index (χ3v) is 5.79. The fourth-order valence-corrected chi connectivity index (χ4v) is 4.47. The molecule has 31 heavy (non-hydrogen) atoms. The highest BCUT2D eigenvalue weighted by molar-refractivity contribution is 6.22. The van der Waals surface area contributed by atoms with E-state index < -0.39 is 30.0 Å². The number of imide groups is 1. The number of aromatic nitrogens is 1. The molecule has 9 heteroatoms. The Labute approximate surface area is 175 Å². The quantitative estimate of drug-likeness (QED) is 0.644. The lowest BCUT2D eigenvalue weighted by atomic mass is 10.0. The van der Waals surface area contributed by atoms with Gasteiger partial charge in [0.15, 0.2) is 0 Å². The molecule has 0 unspecified atom stereocenters. The van der Waals surface area contributed by atoms with Crippen LogP contribution >= 0.6 is 0 Å². The number of para-hydroxylation sites is 1. The zero-order valence-electron chi connectivity index (χ0n) is 16.3. The Morgan fingerprint density at radius 2 is 1.87 bits per heavy atom. The minimum absolute atomic E-state index is 0.0151. The molecule has 2 amide bonds. The standard InChI is InChI=1S/C22H18F3N3O3/c23-22(24,25)31-14-5-3-4-13(10-14)28-20(29)11-19(21(28)30)27-9-8-16-15-6-1-2-7-17(15)26-18(16)12-27/h1-7,10,19,26H,8-9,11-12H2/t19-/m1/s1. The molecule has 3 heterocycles. The molecule has 0 aliphatic carbocycles. The molecule has 3 aromatic rings. The molecule has 1 aromatic heterocycles. The van der Waals surface area contributed by atoms with Crippen LogP contribution in [0, 0.1) is 0 Å². The fourth-order valence-electron chi connectivity index (χ4n) is 4.47.